The van der Waals surface area contributed by atoms with Gasteiger partial charge in [0.2, 0.25) is 5.91 Å². The first kappa shape index (κ1) is 18.5. The first-order chi connectivity index (χ1) is 13.1. The Morgan fingerprint density at radius 2 is 1.96 bits per heavy atom. The molecule has 6 heteroatoms. The summed E-state index contributed by atoms with van der Waals surface area (Å²) in [7, 11) is 3.49. The van der Waals surface area contributed by atoms with E-state index in [0.717, 1.165) is 17.0 Å². The molecule has 3 aromatic rings. The highest BCUT2D eigenvalue weighted by molar-refractivity contribution is 5.77. The van der Waals surface area contributed by atoms with Crippen LogP contribution in [0, 0.1) is 0 Å². The van der Waals surface area contributed by atoms with Crippen molar-refractivity contribution in [3.63, 3.8) is 0 Å². The fourth-order valence-corrected chi connectivity index (χ4v) is 3.05. The summed E-state index contributed by atoms with van der Waals surface area (Å²) < 4.78 is 7.34. The third-order valence-electron chi connectivity index (χ3n) is 4.48. The lowest BCUT2D eigenvalue weighted by Crippen LogP contribution is -2.31. The number of aromatic nitrogens is 2. The van der Waals surface area contributed by atoms with Crippen molar-refractivity contribution in [2.75, 3.05) is 7.11 Å². The van der Waals surface area contributed by atoms with E-state index in [1.165, 1.54) is 0 Å². The van der Waals surface area contributed by atoms with E-state index in [1.807, 2.05) is 54.2 Å². The summed E-state index contributed by atoms with van der Waals surface area (Å²) in [4.78, 5) is 17.1. The van der Waals surface area contributed by atoms with Crippen molar-refractivity contribution in [1.82, 2.24) is 14.9 Å². The summed E-state index contributed by atoms with van der Waals surface area (Å²) in [6.07, 6.45) is 4.25. The third kappa shape index (κ3) is 4.28. The number of amides is 1. The second-order valence-corrected chi connectivity index (χ2v) is 6.27. The van der Waals surface area contributed by atoms with Crippen LogP contribution in [0.4, 0.5) is 0 Å². The van der Waals surface area contributed by atoms with Crippen LogP contribution >= 0.6 is 0 Å². The van der Waals surface area contributed by atoms with Crippen LogP contribution in [0.5, 0.6) is 11.5 Å². The van der Waals surface area contributed by atoms with E-state index in [1.54, 1.807) is 25.4 Å². The number of imidazole rings is 1. The highest BCUT2D eigenvalue weighted by Crippen LogP contribution is 2.29. The SMILES string of the molecule is COc1ccccc1C(NC(=O)CCc1ccccc1O)c1nccn1C. The molecule has 0 aliphatic carbocycles. The van der Waals surface area contributed by atoms with E-state index in [2.05, 4.69) is 10.3 Å². The van der Waals surface area contributed by atoms with Gasteiger partial charge in [0, 0.05) is 31.4 Å². The molecule has 140 valence electrons. The Morgan fingerprint density at radius 3 is 2.67 bits per heavy atom. The summed E-state index contributed by atoms with van der Waals surface area (Å²) in [6.45, 7) is 0. The van der Waals surface area contributed by atoms with Gasteiger partial charge in [-0.25, -0.2) is 4.98 Å². The zero-order valence-electron chi connectivity index (χ0n) is 15.4. The predicted octanol–water partition coefficient (Wildman–Crippen LogP) is 2.97. The number of carbonyl (C=O) groups is 1. The topological polar surface area (TPSA) is 76.4 Å². The van der Waals surface area contributed by atoms with Gasteiger partial charge in [0.25, 0.3) is 0 Å². The summed E-state index contributed by atoms with van der Waals surface area (Å²) >= 11 is 0. The van der Waals surface area contributed by atoms with Crippen LogP contribution in [0.25, 0.3) is 0 Å². The molecule has 1 aromatic heterocycles. The maximum absolute atomic E-state index is 12.6. The van der Waals surface area contributed by atoms with E-state index in [-0.39, 0.29) is 18.1 Å². The van der Waals surface area contributed by atoms with Gasteiger partial charge in [0.15, 0.2) is 0 Å². The van der Waals surface area contributed by atoms with Crippen LogP contribution in [-0.2, 0) is 18.3 Å². The largest absolute Gasteiger partial charge is 0.508 e. The van der Waals surface area contributed by atoms with Crippen molar-refractivity contribution in [3.8, 4) is 11.5 Å². The second kappa shape index (κ2) is 8.40. The molecule has 3 rings (SSSR count). The highest BCUT2D eigenvalue weighted by atomic mass is 16.5. The number of aryl methyl sites for hydroxylation is 2. The molecule has 0 aliphatic rings. The van der Waals surface area contributed by atoms with Crippen molar-refractivity contribution >= 4 is 5.91 Å². The average Bonchev–Trinajstić information content (AvgIpc) is 3.11. The third-order valence-corrected chi connectivity index (χ3v) is 4.48. The van der Waals surface area contributed by atoms with E-state index < -0.39 is 6.04 Å². The van der Waals surface area contributed by atoms with Gasteiger partial charge in [-0.05, 0) is 24.1 Å². The molecule has 6 nitrogen and oxygen atoms in total. The molecule has 1 amide bonds. The molecule has 2 N–H and O–H groups in total. The molecule has 0 aliphatic heterocycles. The van der Waals surface area contributed by atoms with Gasteiger partial charge in [-0.3, -0.25) is 4.79 Å². The fourth-order valence-electron chi connectivity index (χ4n) is 3.05. The minimum atomic E-state index is -0.432. The molecule has 1 unspecified atom stereocenters. The molecule has 0 bridgehead atoms. The van der Waals surface area contributed by atoms with Crippen molar-refractivity contribution in [3.05, 3.63) is 77.9 Å². The van der Waals surface area contributed by atoms with Crippen LogP contribution < -0.4 is 10.1 Å². The minimum Gasteiger partial charge on any atom is -0.508 e. The van der Waals surface area contributed by atoms with E-state index >= 15 is 0 Å². The van der Waals surface area contributed by atoms with Gasteiger partial charge in [0.1, 0.15) is 23.4 Å². The zero-order valence-corrected chi connectivity index (χ0v) is 15.4. The predicted molar refractivity (Wildman–Crippen MR) is 103 cm³/mol. The Bertz CT molecular complexity index is 920. The van der Waals surface area contributed by atoms with Crippen molar-refractivity contribution in [2.24, 2.45) is 7.05 Å². The van der Waals surface area contributed by atoms with Crippen LogP contribution in [0.15, 0.2) is 60.9 Å². The number of benzene rings is 2. The molecule has 0 fully saturated rings. The van der Waals surface area contributed by atoms with Gasteiger partial charge in [-0.2, -0.15) is 0 Å². The Morgan fingerprint density at radius 1 is 1.22 bits per heavy atom. The number of phenols is 1. The number of methoxy groups -OCH3 is 1. The summed E-state index contributed by atoms with van der Waals surface area (Å²) in [5.41, 5.74) is 1.59. The molecule has 0 saturated carbocycles. The number of aromatic hydroxyl groups is 1. The molecule has 0 radical (unpaired) electrons. The Hall–Kier alpha value is -3.28. The van der Waals surface area contributed by atoms with Crippen LogP contribution in [0.2, 0.25) is 0 Å². The quantitative estimate of drug-likeness (QED) is 0.675. The molecule has 2 aromatic carbocycles. The highest BCUT2D eigenvalue weighted by Gasteiger charge is 2.23. The molecule has 27 heavy (non-hydrogen) atoms. The van der Waals surface area contributed by atoms with Gasteiger partial charge in [-0.1, -0.05) is 36.4 Å². The maximum Gasteiger partial charge on any atom is 0.221 e. The van der Waals surface area contributed by atoms with E-state index in [0.29, 0.717) is 12.2 Å². The number of ether oxygens (including phenoxy) is 1. The number of hydrogen-bond acceptors (Lipinski definition) is 4. The van der Waals surface area contributed by atoms with Gasteiger partial charge >= 0.3 is 0 Å². The van der Waals surface area contributed by atoms with Gasteiger partial charge < -0.3 is 19.7 Å². The first-order valence-electron chi connectivity index (χ1n) is 8.76. The molecule has 0 saturated heterocycles. The lowest BCUT2D eigenvalue weighted by molar-refractivity contribution is -0.121. The number of para-hydroxylation sites is 2. The lowest BCUT2D eigenvalue weighted by atomic mass is 10.0. The number of phenolic OH excluding ortho intramolecular Hbond substituents is 1. The smallest absolute Gasteiger partial charge is 0.221 e. The first-order valence-corrected chi connectivity index (χ1v) is 8.76. The normalized spacial score (nSPS) is 11.8. The van der Waals surface area contributed by atoms with Crippen LogP contribution in [0.1, 0.15) is 29.4 Å². The molecule has 0 spiro atoms. The van der Waals surface area contributed by atoms with Crippen LogP contribution in [0.3, 0.4) is 0 Å². The Kier molecular flexibility index (Phi) is 5.76. The number of nitrogens with one attached hydrogen (secondary N) is 1. The van der Waals surface area contributed by atoms with Crippen molar-refractivity contribution in [1.29, 1.82) is 0 Å². The zero-order chi connectivity index (χ0) is 19.2. The van der Waals surface area contributed by atoms with Crippen molar-refractivity contribution in [2.45, 2.75) is 18.9 Å². The summed E-state index contributed by atoms with van der Waals surface area (Å²) in [5.74, 6) is 1.48. The van der Waals surface area contributed by atoms with Crippen LogP contribution in [-0.4, -0.2) is 27.7 Å². The second-order valence-electron chi connectivity index (χ2n) is 6.27. The number of nitrogens with zero attached hydrogens (tertiary/aromatic N) is 2. The Balaban J connectivity index is 1.81. The fraction of sp³-hybridized carbons (Fsp3) is 0.238. The van der Waals surface area contributed by atoms with E-state index in [9.17, 15) is 9.90 Å². The number of rotatable bonds is 7. The van der Waals surface area contributed by atoms with Gasteiger partial charge in [-0.15, -0.1) is 0 Å². The molecule has 1 heterocycles. The summed E-state index contributed by atoms with van der Waals surface area (Å²) in [6, 6.07) is 14.2. The van der Waals surface area contributed by atoms with Crippen molar-refractivity contribution < 1.29 is 14.6 Å². The monoisotopic (exact) mass is 365 g/mol. The maximum atomic E-state index is 12.6. The average molecular weight is 365 g/mol. The van der Waals surface area contributed by atoms with E-state index in [4.69, 9.17) is 4.74 Å². The molecular weight excluding hydrogens is 342 g/mol. The lowest BCUT2D eigenvalue weighted by Gasteiger charge is -2.21. The standard InChI is InChI=1S/C21H23N3O3/c1-24-14-13-22-21(24)20(16-8-4-6-10-18(16)27-2)23-19(26)12-11-15-7-3-5-9-17(15)25/h3-10,13-14,20,25H,11-12H2,1-2H3,(H,23,26). The Labute approximate surface area is 158 Å². The molecular formula is C21H23N3O3. The number of hydrogen-bond donors (Lipinski definition) is 2. The molecule has 1 atom stereocenters. The van der Waals surface area contributed by atoms with Gasteiger partial charge in [0.05, 0.1) is 7.11 Å². The minimum absolute atomic E-state index is 0.128. The summed E-state index contributed by atoms with van der Waals surface area (Å²) in [5, 5.41) is 12.9. The number of carbonyl (C=O) groups excluding carboxylic acids is 1.